The molecule has 2 rings (SSSR count). The molecule has 0 atom stereocenters. The number of aryl methyl sites for hydroxylation is 1. The van der Waals surface area contributed by atoms with Gasteiger partial charge in [-0.25, -0.2) is 4.99 Å². The van der Waals surface area contributed by atoms with E-state index in [4.69, 9.17) is 6.42 Å². The maximum atomic E-state index is 12.1. The first-order valence-electron chi connectivity index (χ1n) is 8.04. The molecular weight excluding hydrogens is 459 g/mol. The highest BCUT2D eigenvalue weighted by Crippen LogP contribution is 2.14. The van der Waals surface area contributed by atoms with Gasteiger partial charge in [-0.15, -0.1) is 41.7 Å². The lowest BCUT2D eigenvalue weighted by molar-refractivity contribution is -0.114. The molecule has 0 saturated carbocycles. The molecule has 0 aliphatic heterocycles. The molecule has 0 aliphatic rings. The molecule has 0 fully saturated rings. The second kappa shape index (κ2) is 11.5. The van der Waals surface area contributed by atoms with E-state index in [9.17, 15) is 4.79 Å². The second-order valence-corrected chi connectivity index (χ2v) is 6.71. The average Bonchev–Trinajstić information content (AvgIpc) is 3.03. The van der Waals surface area contributed by atoms with Gasteiger partial charge < -0.3 is 16.0 Å². The summed E-state index contributed by atoms with van der Waals surface area (Å²) in [5.74, 6) is 2.96. The van der Waals surface area contributed by atoms with Crippen molar-refractivity contribution in [1.82, 2.24) is 10.6 Å². The van der Waals surface area contributed by atoms with Crippen molar-refractivity contribution in [2.24, 2.45) is 4.99 Å². The van der Waals surface area contributed by atoms with Gasteiger partial charge in [-0.2, -0.15) is 0 Å². The fourth-order valence-electron chi connectivity index (χ4n) is 2.13. The number of nitrogens with zero attached hydrogens (tertiary/aromatic N) is 1. The lowest BCUT2D eigenvalue weighted by atomic mass is 10.2. The summed E-state index contributed by atoms with van der Waals surface area (Å²) >= 11 is 1.74. The zero-order chi connectivity index (χ0) is 18.1. The van der Waals surface area contributed by atoms with E-state index in [0.29, 0.717) is 18.2 Å². The zero-order valence-corrected chi connectivity index (χ0v) is 18.0. The van der Waals surface area contributed by atoms with Gasteiger partial charge in [-0.1, -0.05) is 12.0 Å². The smallest absolute Gasteiger partial charge is 0.246 e. The fraction of sp³-hybridized carbons (Fsp3) is 0.263. The number of nitrogens with one attached hydrogen (secondary N) is 3. The lowest BCUT2D eigenvalue weighted by Gasteiger charge is -2.10. The Hall–Kier alpha value is -2.05. The Morgan fingerprint density at radius 3 is 2.73 bits per heavy atom. The first-order chi connectivity index (χ1) is 12.1. The molecule has 1 amide bonds. The summed E-state index contributed by atoms with van der Waals surface area (Å²) in [6.07, 6.45) is 5.36. The Morgan fingerprint density at radius 1 is 1.27 bits per heavy atom. The highest BCUT2D eigenvalue weighted by atomic mass is 127. The largest absolute Gasteiger partial charge is 0.357 e. The van der Waals surface area contributed by atoms with Gasteiger partial charge in [-0.05, 0) is 44.2 Å². The van der Waals surface area contributed by atoms with Gasteiger partial charge in [0.25, 0.3) is 0 Å². The minimum Gasteiger partial charge on any atom is -0.357 e. The molecule has 0 aliphatic carbocycles. The van der Waals surface area contributed by atoms with Crippen LogP contribution < -0.4 is 16.0 Å². The summed E-state index contributed by atoms with van der Waals surface area (Å²) in [5, 5.41) is 9.16. The summed E-state index contributed by atoms with van der Waals surface area (Å²) in [5.41, 5.74) is 1.39. The van der Waals surface area contributed by atoms with Crippen LogP contribution in [-0.2, 0) is 11.3 Å². The molecule has 0 unspecified atom stereocenters. The molecule has 3 N–H and O–H groups in total. The highest BCUT2D eigenvalue weighted by Gasteiger charge is 2.04. The Bertz CT molecular complexity index is 795. The van der Waals surface area contributed by atoms with Gasteiger partial charge in [0.05, 0.1) is 6.54 Å². The monoisotopic (exact) mass is 482 g/mol. The normalized spacial score (nSPS) is 10.4. The minimum atomic E-state index is -0.196. The number of hydrogen-bond acceptors (Lipinski definition) is 3. The van der Waals surface area contributed by atoms with Crippen molar-refractivity contribution in [2.45, 2.75) is 20.4 Å². The van der Waals surface area contributed by atoms with Crippen LogP contribution in [0.4, 0.5) is 5.69 Å². The number of guanidine groups is 1. The van der Waals surface area contributed by atoms with Crippen molar-refractivity contribution in [2.75, 3.05) is 18.4 Å². The topological polar surface area (TPSA) is 65.5 Å². The Kier molecular flexibility index (Phi) is 9.76. The molecule has 7 heteroatoms. The summed E-state index contributed by atoms with van der Waals surface area (Å²) in [6.45, 7) is 5.49. The predicted molar refractivity (Wildman–Crippen MR) is 120 cm³/mol. The van der Waals surface area contributed by atoms with Crippen molar-refractivity contribution in [3.8, 4) is 12.3 Å². The van der Waals surface area contributed by atoms with Crippen LogP contribution in [0.2, 0.25) is 0 Å². The number of benzene rings is 1. The molecule has 0 bridgehead atoms. The Balaban J connectivity index is 0.00000338. The summed E-state index contributed by atoms with van der Waals surface area (Å²) in [7, 11) is 0. The van der Waals surface area contributed by atoms with Crippen LogP contribution in [0.15, 0.2) is 41.4 Å². The van der Waals surface area contributed by atoms with Gasteiger partial charge >= 0.3 is 0 Å². The van der Waals surface area contributed by atoms with Crippen LogP contribution in [0.25, 0.3) is 0 Å². The van der Waals surface area contributed by atoms with Crippen LogP contribution in [-0.4, -0.2) is 25.0 Å². The maximum absolute atomic E-state index is 12.1. The number of terminal acetylenes is 1. The number of carbonyl (C=O) groups is 1. The number of carbonyl (C=O) groups excluding carboxylic acids is 1. The number of amides is 1. The number of thiophene rings is 1. The molecule has 0 radical (unpaired) electrons. The molecular formula is C19H23IN4OS. The van der Waals surface area contributed by atoms with Gasteiger partial charge in [-0.3, -0.25) is 4.79 Å². The third kappa shape index (κ3) is 7.45. The van der Waals surface area contributed by atoms with Crippen LogP contribution in [0.1, 0.15) is 22.2 Å². The predicted octanol–water partition coefficient (Wildman–Crippen LogP) is 3.35. The maximum Gasteiger partial charge on any atom is 0.246 e. The van der Waals surface area contributed by atoms with Gasteiger partial charge in [0.15, 0.2) is 5.96 Å². The molecule has 1 aromatic heterocycles. The molecule has 5 nitrogen and oxygen atoms in total. The van der Waals surface area contributed by atoms with Gasteiger partial charge in [0.1, 0.15) is 6.54 Å². The number of anilines is 1. The molecule has 138 valence electrons. The van der Waals surface area contributed by atoms with Crippen molar-refractivity contribution >= 4 is 52.9 Å². The van der Waals surface area contributed by atoms with Gasteiger partial charge in [0.2, 0.25) is 5.91 Å². The van der Waals surface area contributed by atoms with E-state index in [0.717, 1.165) is 12.1 Å². The summed E-state index contributed by atoms with van der Waals surface area (Å²) in [4.78, 5) is 18.9. The quantitative estimate of drug-likeness (QED) is 0.256. The molecule has 1 aromatic carbocycles. The summed E-state index contributed by atoms with van der Waals surface area (Å²) in [6, 6.07) is 11.3. The van der Waals surface area contributed by atoms with Gasteiger partial charge in [0, 0.05) is 27.5 Å². The van der Waals surface area contributed by atoms with E-state index in [2.05, 4.69) is 45.9 Å². The van der Waals surface area contributed by atoms with Crippen molar-refractivity contribution < 1.29 is 4.79 Å². The summed E-state index contributed by atoms with van der Waals surface area (Å²) < 4.78 is 0. The SMILES string of the molecule is C#Cc1cccc(NC(=O)CN=C(NCC)NCc2ccc(C)s2)c1.I. The van der Waals surface area contributed by atoms with E-state index in [1.54, 1.807) is 23.5 Å². The van der Waals surface area contributed by atoms with E-state index in [1.165, 1.54) is 9.75 Å². The van der Waals surface area contributed by atoms with Crippen LogP contribution in [0.5, 0.6) is 0 Å². The van der Waals surface area contributed by atoms with E-state index < -0.39 is 0 Å². The lowest BCUT2D eigenvalue weighted by Crippen LogP contribution is -2.37. The van der Waals surface area contributed by atoms with Crippen molar-refractivity contribution in [1.29, 1.82) is 0 Å². The molecule has 1 heterocycles. The van der Waals surface area contributed by atoms with Crippen LogP contribution in [0.3, 0.4) is 0 Å². The fourth-order valence-corrected chi connectivity index (χ4v) is 2.96. The van der Waals surface area contributed by atoms with E-state index >= 15 is 0 Å². The Labute approximate surface area is 175 Å². The molecule has 0 spiro atoms. The third-order valence-corrected chi connectivity index (χ3v) is 4.26. The highest BCUT2D eigenvalue weighted by molar-refractivity contribution is 14.0. The van der Waals surface area contributed by atoms with Crippen molar-refractivity contribution in [3.05, 3.63) is 51.7 Å². The number of hydrogen-bond donors (Lipinski definition) is 3. The van der Waals surface area contributed by atoms with Crippen LogP contribution >= 0.6 is 35.3 Å². The Morgan fingerprint density at radius 2 is 2.08 bits per heavy atom. The first-order valence-corrected chi connectivity index (χ1v) is 8.86. The molecule has 0 saturated heterocycles. The van der Waals surface area contributed by atoms with E-state index in [-0.39, 0.29) is 36.4 Å². The standard InChI is InChI=1S/C19H22N4OS.HI/c1-4-15-7-6-8-16(11-15)23-18(24)13-22-19(20-5-2)21-12-17-10-9-14(3)25-17;/h1,6-11H,5,12-13H2,2-3H3,(H,23,24)(H2,20,21,22);1H. The van der Waals surface area contributed by atoms with Crippen molar-refractivity contribution in [3.63, 3.8) is 0 Å². The number of rotatable bonds is 6. The minimum absolute atomic E-state index is 0. The number of aliphatic imine (C=N–C) groups is 1. The molecule has 26 heavy (non-hydrogen) atoms. The van der Waals surface area contributed by atoms with E-state index in [1.807, 2.05) is 19.1 Å². The first kappa shape index (κ1) is 22.0. The number of halogens is 1. The van der Waals surface area contributed by atoms with Crippen LogP contribution in [0, 0.1) is 19.3 Å². The zero-order valence-electron chi connectivity index (χ0n) is 14.8. The average molecular weight is 482 g/mol. The second-order valence-electron chi connectivity index (χ2n) is 5.33. The molecule has 2 aromatic rings. The third-order valence-electron chi connectivity index (χ3n) is 3.26.